The van der Waals surface area contributed by atoms with Crippen molar-refractivity contribution < 1.29 is 13.2 Å². The summed E-state index contributed by atoms with van der Waals surface area (Å²) in [6.07, 6.45) is 1.59. The number of fused-ring (bicyclic) bond motifs is 1. The molecule has 0 atom stereocenters. The summed E-state index contributed by atoms with van der Waals surface area (Å²) in [5, 5.41) is 0. The van der Waals surface area contributed by atoms with Gasteiger partial charge in [-0.3, -0.25) is 0 Å². The summed E-state index contributed by atoms with van der Waals surface area (Å²) in [5.41, 5.74) is 7.97. The highest BCUT2D eigenvalue weighted by molar-refractivity contribution is 7.95. The number of nitrogen functional groups attached to an aromatic ring is 1. The lowest BCUT2D eigenvalue weighted by molar-refractivity contribution is 0.359. The van der Waals surface area contributed by atoms with Crippen LogP contribution in [0, 0.1) is 6.92 Å². The van der Waals surface area contributed by atoms with Crippen LogP contribution in [0.3, 0.4) is 0 Å². The van der Waals surface area contributed by atoms with Crippen molar-refractivity contribution in [3.63, 3.8) is 0 Å². The highest BCUT2D eigenvalue weighted by Crippen LogP contribution is 2.36. The Morgan fingerprint density at radius 3 is 2.48 bits per heavy atom. The van der Waals surface area contributed by atoms with Crippen LogP contribution in [-0.2, 0) is 9.84 Å². The van der Waals surface area contributed by atoms with Crippen LogP contribution in [-0.4, -0.2) is 15.0 Å². The molecular formula is C16H15NO3S. The molecule has 1 aliphatic heterocycles. The Morgan fingerprint density at radius 1 is 1.10 bits per heavy atom. The summed E-state index contributed by atoms with van der Waals surface area (Å²) in [6.45, 7) is 1.98. The zero-order valence-electron chi connectivity index (χ0n) is 11.5. The molecule has 0 spiro atoms. The molecule has 0 unspecified atom stereocenters. The molecule has 21 heavy (non-hydrogen) atoms. The average molecular weight is 301 g/mol. The molecule has 4 nitrogen and oxygen atoms in total. The molecule has 0 fully saturated rings. The normalized spacial score (nSPS) is 15.4. The first-order valence-electron chi connectivity index (χ1n) is 6.52. The maximum Gasteiger partial charge on any atom is 0.206 e. The summed E-state index contributed by atoms with van der Waals surface area (Å²) in [5.74, 6) is 0.639. The van der Waals surface area contributed by atoms with Crippen molar-refractivity contribution >= 4 is 21.6 Å². The largest absolute Gasteiger partial charge is 0.488 e. The van der Waals surface area contributed by atoms with E-state index in [-0.39, 0.29) is 16.4 Å². The zero-order chi connectivity index (χ0) is 15.0. The molecule has 5 heteroatoms. The predicted octanol–water partition coefficient (Wildman–Crippen LogP) is 2.78. The molecule has 1 heterocycles. The van der Waals surface area contributed by atoms with Crippen LogP contribution in [0.1, 0.15) is 11.1 Å². The SMILES string of the molecule is Cc1ccc(OCC2=Cc3c(N)cccc3S2(=O)=O)cc1. The van der Waals surface area contributed by atoms with Crippen molar-refractivity contribution in [1.29, 1.82) is 0 Å². The van der Waals surface area contributed by atoms with Crippen molar-refractivity contribution in [1.82, 2.24) is 0 Å². The van der Waals surface area contributed by atoms with E-state index >= 15 is 0 Å². The van der Waals surface area contributed by atoms with Crippen LogP contribution in [0.15, 0.2) is 52.3 Å². The quantitative estimate of drug-likeness (QED) is 0.885. The first-order valence-corrected chi connectivity index (χ1v) is 8.00. The van der Waals surface area contributed by atoms with Gasteiger partial charge in [-0.2, -0.15) is 0 Å². The highest BCUT2D eigenvalue weighted by Gasteiger charge is 2.30. The van der Waals surface area contributed by atoms with Gasteiger partial charge in [0.2, 0.25) is 9.84 Å². The molecule has 0 saturated heterocycles. The maximum atomic E-state index is 12.4. The molecular weight excluding hydrogens is 286 g/mol. The van der Waals surface area contributed by atoms with Crippen LogP contribution in [0.25, 0.3) is 6.08 Å². The van der Waals surface area contributed by atoms with E-state index in [0.717, 1.165) is 5.56 Å². The molecule has 0 radical (unpaired) electrons. The topological polar surface area (TPSA) is 69.4 Å². The fourth-order valence-corrected chi connectivity index (χ4v) is 3.73. The zero-order valence-corrected chi connectivity index (χ0v) is 12.4. The third kappa shape index (κ3) is 2.40. The number of benzene rings is 2. The van der Waals surface area contributed by atoms with E-state index in [1.54, 1.807) is 24.3 Å². The lowest BCUT2D eigenvalue weighted by Gasteiger charge is -2.07. The van der Waals surface area contributed by atoms with Gasteiger partial charge in [0.15, 0.2) is 0 Å². The van der Waals surface area contributed by atoms with Gasteiger partial charge in [0, 0.05) is 11.3 Å². The number of hydrogen-bond acceptors (Lipinski definition) is 4. The third-order valence-corrected chi connectivity index (χ3v) is 5.30. The van der Waals surface area contributed by atoms with Crippen molar-refractivity contribution in [2.75, 3.05) is 12.3 Å². The Bertz CT molecular complexity index is 821. The van der Waals surface area contributed by atoms with Gasteiger partial charge < -0.3 is 10.5 Å². The molecule has 1 aliphatic rings. The van der Waals surface area contributed by atoms with Gasteiger partial charge in [-0.25, -0.2) is 8.42 Å². The van der Waals surface area contributed by atoms with Gasteiger partial charge in [-0.15, -0.1) is 0 Å². The van der Waals surface area contributed by atoms with Crippen molar-refractivity contribution in [2.24, 2.45) is 0 Å². The summed E-state index contributed by atoms with van der Waals surface area (Å²) < 4.78 is 30.4. The Hall–Kier alpha value is -2.27. The van der Waals surface area contributed by atoms with Crippen LogP contribution in [0.4, 0.5) is 5.69 Å². The standard InChI is InChI=1S/C16H15NO3S/c1-11-5-7-12(8-6-11)20-10-13-9-14-15(17)3-2-4-16(14)21(13,18)19/h2-9H,10,17H2,1H3. The third-order valence-electron chi connectivity index (χ3n) is 3.44. The van der Waals surface area contributed by atoms with Gasteiger partial charge in [0.1, 0.15) is 12.4 Å². The molecule has 2 aromatic rings. The molecule has 2 aromatic carbocycles. The molecule has 108 valence electrons. The van der Waals surface area contributed by atoms with Crippen molar-refractivity contribution in [3.05, 3.63) is 58.5 Å². The summed E-state index contributed by atoms with van der Waals surface area (Å²) in [6, 6.07) is 12.4. The minimum Gasteiger partial charge on any atom is -0.488 e. The second-order valence-corrected chi connectivity index (χ2v) is 6.95. The minimum atomic E-state index is -3.49. The summed E-state index contributed by atoms with van der Waals surface area (Å²) in [4.78, 5) is 0.487. The van der Waals surface area contributed by atoms with Crippen LogP contribution < -0.4 is 10.5 Å². The molecule has 0 aromatic heterocycles. The second kappa shape index (κ2) is 4.93. The monoisotopic (exact) mass is 301 g/mol. The number of nitrogens with two attached hydrogens (primary N) is 1. The molecule has 2 N–H and O–H groups in total. The highest BCUT2D eigenvalue weighted by atomic mass is 32.2. The van der Waals surface area contributed by atoms with E-state index in [0.29, 0.717) is 17.0 Å². The van der Waals surface area contributed by atoms with E-state index in [1.807, 2.05) is 31.2 Å². The number of ether oxygens (including phenoxy) is 1. The van der Waals surface area contributed by atoms with E-state index in [9.17, 15) is 8.42 Å². The predicted molar refractivity (Wildman–Crippen MR) is 82.7 cm³/mol. The van der Waals surface area contributed by atoms with Gasteiger partial charge in [-0.05, 0) is 37.3 Å². The Balaban J connectivity index is 1.86. The van der Waals surface area contributed by atoms with Gasteiger partial charge in [-0.1, -0.05) is 23.8 Å². The number of sulfone groups is 1. The van der Waals surface area contributed by atoms with E-state index in [2.05, 4.69) is 0 Å². The van der Waals surface area contributed by atoms with Crippen LogP contribution in [0.5, 0.6) is 5.75 Å². The molecule has 0 saturated carbocycles. The van der Waals surface area contributed by atoms with E-state index in [1.165, 1.54) is 0 Å². The Morgan fingerprint density at radius 2 is 1.81 bits per heavy atom. The first-order chi connectivity index (χ1) is 9.98. The van der Waals surface area contributed by atoms with Gasteiger partial charge in [0.25, 0.3) is 0 Å². The van der Waals surface area contributed by atoms with E-state index in [4.69, 9.17) is 10.5 Å². The average Bonchev–Trinajstić information content (AvgIpc) is 2.71. The minimum absolute atomic E-state index is 0.000482. The summed E-state index contributed by atoms with van der Waals surface area (Å²) >= 11 is 0. The fourth-order valence-electron chi connectivity index (χ4n) is 2.24. The fraction of sp³-hybridized carbons (Fsp3) is 0.125. The number of anilines is 1. The Kier molecular flexibility index (Phi) is 3.22. The molecule has 0 bridgehead atoms. The lowest BCUT2D eigenvalue weighted by atomic mass is 10.2. The van der Waals surface area contributed by atoms with Crippen molar-refractivity contribution in [3.8, 4) is 5.75 Å². The van der Waals surface area contributed by atoms with E-state index < -0.39 is 9.84 Å². The number of aryl methyl sites for hydroxylation is 1. The Labute approximate surface area is 123 Å². The number of hydrogen-bond donors (Lipinski definition) is 1. The first kappa shape index (κ1) is 13.7. The van der Waals surface area contributed by atoms with Crippen LogP contribution >= 0.6 is 0 Å². The molecule has 0 amide bonds. The van der Waals surface area contributed by atoms with Gasteiger partial charge >= 0.3 is 0 Å². The summed E-state index contributed by atoms with van der Waals surface area (Å²) in [7, 11) is -3.49. The van der Waals surface area contributed by atoms with Crippen LogP contribution in [0.2, 0.25) is 0 Å². The molecule has 3 rings (SSSR count). The smallest absolute Gasteiger partial charge is 0.206 e. The second-order valence-electron chi connectivity index (χ2n) is 4.97. The lowest BCUT2D eigenvalue weighted by Crippen LogP contribution is -2.09. The number of rotatable bonds is 3. The maximum absolute atomic E-state index is 12.4. The van der Waals surface area contributed by atoms with Crippen molar-refractivity contribution in [2.45, 2.75) is 11.8 Å². The van der Waals surface area contributed by atoms with Gasteiger partial charge in [0.05, 0.1) is 9.80 Å². The molecule has 0 aliphatic carbocycles.